The Balaban J connectivity index is 1.76. The second kappa shape index (κ2) is 5.13. The molecule has 2 fully saturated rings. The van der Waals surface area contributed by atoms with E-state index in [-0.39, 0.29) is 17.9 Å². The van der Waals surface area contributed by atoms with Crippen LogP contribution in [0.2, 0.25) is 0 Å². The van der Waals surface area contributed by atoms with E-state index in [9.17, 15) is 9.18 Å². The molecule has 2 unspecified atom stereocenters. The Labute approximate surface area is 95.9 Å². The van der Waals surface area contributed by atoms with Gasteiger partial charge < -0.3 is 9.64 Å². The smallest absolute Gasteiger partial charge is 0.225 e. The van der Waals surface area contributed by atoms with Crippen molar-refractivity contribution >= 4 is 5.91 Å². The van der Waals surface area contributed by atoms with Crippen LogP contribution < -0.4 is 0 Å². The van der Waals surface area contributed by atoms with E-state index in [1.165, 1.54) is 0 Å². The highest BCUT2D eigenvalue weighted by atomic mass is 19.1. The van der Waals surface area contributed by atoms with Crippen molar-refractivity contribution in [3.8, 4) is 0 Å². The number of hydrogen-bond acceptors (Lipinski definition) is 2. The lowest BCUT2D eigenvalue weighted by molar-refractivity contribution is -0.150. The molecule has 92 valence electrons. The lowest BCUT2D eigenvalue weighted by atomic mass is 9.86. The second-order valence-electron chi connectivity index (χ2n) is 4.78. The number of carbonyl (C=O) groups is 1. The molecule has 2 rings (SSSR count). The first kappa shape index (κ1) is 11.8. The van der Waals surface area contributed by atoms with Crippen molar-refractivity contribution in [2.24, 2.45) is 5.92 Å². The van der Waals surface area contributed by atoms with E-state index in [4.69, 9.17) is 4.74 Å². The number of likely N-dealkylation sites (tertiary alicyclic amines) is 1. The summed E-state index contributed by atoms with van der Waals surface area (Å²) in [5.41, 5.74) is 0. The van der Waals surface area contributed by atoms with Crippen molar-refractivity contribution in [3.63, 3.8) is 0 Å². The minimum Gasteiger partial charge on any atom is -0.375 e. The van der Waals surface area contributed by atoms with Gasteiger partial charge in [0.25, 0.3) is 0 Å². The maximum Gasteiger partial charge on any atom is 0.225 e. The predicted molar refractivity (Wildman–Crippen MR) is 58.8 cm³/mol. The van der Waals surface area contributed by atoms with Gasteiger partial charge in [-0.2, -0.15) is 0 Å². The molecule has 3 nitrogen and oxygen atoms in total. The summed E-state index contributed by atoms with van der Waals surface area (Å²) in [6, 6.07) is 0. The van der Waals surface area contributed by atoms with E-state index in [2.05, 4.69) is 0 Å². The Morgan fingerprint density at radius 1 is 1.44 bits per heavy atom. The van der Waals surface area contributed by atoms with Crippen molar-refractivity contribution in [2.45, 2.75) is 44.9 Å². The number of carbonyl (C=O) groups excluding carboxylic acids is 1. The summed E-state index contributed by atoms with van der Waals surface area (Å²) in [4.78, 5) is 13.8. The van der Waals surface area contributed by atoms with Crippen LogP contribution in [0.1, 0.15) is 32.6 Å². The van der Waals surface area contributed by atoms with Gasteiger partial charge in [0.1, 0.15) is 6.17 Å². The van der Waals surface area contributed by atoms with Crippen LogP contribution in [-0.4, -0.2) is 42.8 Å². The molecule has 1 saturated heterocycles. The van der Waals surface area contributed by atoms with Gasteiger partial charge in [0.05, 0.1) is 6.10 Å². The van der Waals surface area contributed by atoms with E-state index in [1.54, 1.807) is 0 Å². The van der Waals surface area contributed by atoms with Crippen molar-refractivity contribution in [3.05, 3.63) is 0 Å². The van der Waals surface area contributed by atoms with Crippen LogP contribution in [0.4, 0.5) is 4.39 Å². The lowest BCUT2D eigenvalue weighted by Gasteiger charge is -2.41. The minimum absolute atomic E-state index is 0.0775. The Morgan fingerprint density at radius 3 is 2.81 bits per heavy atom. The number of rotatable bonds is 3. The lowest BCUT2D eigenvalue weighted by Crippen LogP contribution is -2.56. The molecule has 4 heteroatoms. The van der Waals surface area contributed by atoms with Crippen molar-refractivity contribution in [1.29, 1.82) is 0 Å². The SMILES string of the molecule is CCOC1CN(C(=O)C2CCCC(F)C2)C1. The van der Waals surface area contributed by atoms with E-state index in [0.29, 0.717) is 32.5 Å². The molecule has 1 aliphatic heterocycles. The van der Waals surface area contributed by atoms with E-state index >= 15 is 0 Å². The van der Waals surface area contributed by atoms with Crippen LogP contribution in [0.15, 0.2) is 0 Å². The molecule has 0 N–H and O–H groups in total. The molecule has 0 bridgehead atoms. The van der Waals surface area contributed by atoms with Crippen LogP contribution in [0.25, 0.3) is 0 Å². The first-order valence-electron chi connectivity index (χ1n) is 6.25. The van der Waals surface area contributed by atoms with Gasteiger partial charge in [0.2, 0.25) is 5.91 Å². The highest BCUT2D eigenvalue weighted by Gasteiger charge is 2.36. The van der Waals surface area contributed by atoms with Gasteiger partial charge in [-0.3, -0.25) is 4.79 Å². The molecule has 1 heterocycles. The summed E-state index contributed by atoms with van der Waals surface area (Å²) in [5.74, 6) is 0.0598. The largest absolute Gasteiger partial charge is 0.375 e. The standard InChI is InChI=1S/C12H20FNO2/c1-2-16-11-7-14(8-11)12(15)9-4-3-5-10(13)6-9/h9-11H,2-8H2,1H3. The van der Waals surface area contributed by atoms with Crippen LogP contribution >= 0.6 is 0 Å². The zero-order valence-corrected chi connectivity index (χ0v) is 9.82. The van der Waals surface area contributed by atoms with E-state index in [0.717, 1.165) is 12.8 Å². The zero-order chi connectivity index (χ0) is 11.5. The number of amides is 1. The fraction of sp³-hybridized carbons (Fsp3) is 0.917. The van der Waals surface area contributed by atoms with Gasteiger partial charge in [0, 0.05) is 25.6 Å². The Hall–Kier alpha value is -0.640. The molecule has 1 amide bonds. The van der Waals surface area contributed by atoms with Gasteiger partial charge >= 0.3 is 0 Å². The van der Waals surface area contributed by atoms with E-state index in [1.807, 2.05) is 11.8 Å². The average molecular weight is 229 g/mol. The molecule has 0 aromatic carbocycles. The third kappa shape index (κ3) is 2.54. The van der Waals surface area contributed by atoms with Crippen LogP contribution in [0, 0.1) is 5.92 Å². The topological polar surface area (TPSA) is 29.5 Å². The third-order valence-electron chi connectivity index (χ3n) is 3.52. The molecular weight excluding hydrogens is 209 g/mol. The monoisotopic (exact) mass is 229 g/mol. The van der Waals surface area contributed by atoms with Crippen molar-refractivity contribution in [1.82, 2.24) is 4.90 Å². The summed E-state index contributed by atoms with van der Waals surface area (Å²) in [6.07, 6.45) is 2.19. The van der Waals surface area contributed by atoms with Gasteiger partial charge in [-0.1, -0.05) is 0 Å². The summed E-state index contributed by atoms with van der Waals surface area (Å²) in [5, 5.41) is 0. The summed E-state index contributed by atoms with van der Waals surface area (Å²) >= 11 is 0. The third-order valence-corrected chi connectivity index (χ3v) is 3.52. The van der Waals surface area contributed by atoms with Gasteiger partial charge in [-0.15, -0.1) is 0 Å². The van der Waals surface area contributed by atoms with Crippen LogP contribution in [0.3, 0.4) is 0 Å². The molecule has 1 saturated carbocycles. The Kier molecular flexibility index (Phi) is 3.79. The quantitative estimate of drug-likeness (QED) is 0.738. The molecule has 2 atom stereocenters. The number of alkyl halides is 1. The molecular formula is C12H20FNO2. The molecule has 0 aromatic heterocycles. The molecule has 1 aliphatic carbocycles. The van der Waals surface area contributed by atoms with Gasteiger partial charge in [0.15, 0.2) is 0 Å². The van der Waals surface area contributed by atoms with Crippen LogP contribution in [-0.2, 0) is 9.53 Å². The van der Waals surface area contributed by atoms with E-state index < -0.39 is 6.17 Å². The fourth-order valence-corrected chi connectivity index (χ4v) is 2.57. The van der Waals surface area contributed by atoms with Crippen molar-refractivity contribution < 1.29 is 13.9 Å². The Morgan fingerprint density at radius 2 is 2.19 bits per heavy atom. The average Bonchev–Trinajstić information content (AvgIpc) is 2.22. The minimum atomic E-state index is -0.772. The number of halogens is 1. The maximum atomic E-state index is 13.2. The molecule has 2 aliphatic rings. The predicted octanol–water partition coefficient (Wildman–Crippen LogP) is 1.76. The summed E-state index contributed by atoms with van der Waals surface area (Å²) in [7, 11) is 0. The normalized spacial score (nSPS) is 31.2. The number of nitrogens with zero attached hydrogens (tertiary/aromatic N) is 1. The van der Waals surface area contributed by atoms with Crippen molar-refractivity contribution in [2.75, 3.05) is 19.7 Å². The van der Waals surface area contributed by atoms with Gasteiger partial charge in [-0.05, 0) is 32.6 Å². The molecule has 0 radical (unpaired) electrons. The summed E-state index contributed by atoms with van der Waals surface area (Å²) < 4.78 is 18.6. The Bertz CT molecular complexity index is 253. The zero-order valence-electron chi connectivity index (χ0n) is 9.82. The number of hydrogen-bond donors (Lipinski definition) is 0. The highest BCUT2D eigenvalue weighted by Crippen LogP contribution is 2.29. The molecule has 0 spiro atoms. The first-order chi connectivity index (χ1) is 7.70. The molecule has 0 aromatic rings. The molecule has 16 heavy (non-hydrogen) atoms. The highest BCUT2D eigenvalue weighted by molar-refractivity contribution is 5.79. The fourth-order valence-electron chi connectivity index (χ4n) is 2.57. The second-order valence-corrected chi connectivity index (χ2v) is 4.78. The maximum absolute atomic E-state index is 13.2. The summed E-state index contributed by atoms with van der Waals surface area (Å²) in [6.45, 7) is 4.04. The first-order valence-corrected chi connectivity index (χ1v) is 6.25. The number of ether oxygens (including phenoxy) is 1. The van der Waals surface area contributed by atoms with Crippen LogP contribution in [0.5, 0.6) is 0 Å². The van der Waals surface area contributed by atoms with Gasteiger partial charge in [-0.25, -0.2) is 4.39 Å².